The Morgan fingerprint density at radius 3 is 2.50 bits per heavy atom. The predicted molar refractivity (Wildman–Crippen MR) is 96.6 cm³/mol. The largest absolute Gasteiger partial charge is 0.416 e. The first-order chi connectivity index (χ1) is 12.2. The third-order valence-electron chi connectivity index (χ3n) is 5.06. The van der Waals surface area contributed by atoms with E-state index in [9.17, 15) is 18.0 Å². The molecule has 6 heteroatoms. The lowest BCUT2D eigenvalue weighted by atomic mass is 10.0. The molecule has 1 heterocycles. The van der Waals surface area contributed by atoms with E-state index in [2.05, 4.69) is 18.7 Å². The number of benzene rings is 1. The molecule has 0 spiro atoms. The van der Waals surface area contributed by atoms with E-state index in [-0.39, 0.29) is 5.91 Å². The average Bonchev–Trinajstić information content (AvgIpc) is 2.59. The maximum absolute atomic E-state index is 12.8. The van der Waals surface area contributed by atoms with Gasteiger partial charge in [-0.1, -0.05) is 32.0 Å². The zero-order valence-corrected chi connectivity index (χ0v) is 15.9. The standard InChI is InChI=1S/C20H29F3N2O/c1-15(2)7-8-19(26)25-11-9-18(10-12-25)24(3)14-16-5-4-6-17(13-16)20(21,22)23/h4-6,13,15,18H,7-12,14H2,1-3H3. The van der Waals surface area contributed by atoms with Crippen LogP contribution in [0.5, 0.6) is 0 Å². The molecule has 0 aromatic heterocycles. The Bertz CT molecular complexity index is 593. The highest BCUT2D eigenvalue weighted by molar-refractivity contribution is 5.76. The molecule has 0 unspecified atom stereocenters. The molecule has 0 atom stereocenters. The van der Waals surface area contributed by atoms with Gasteiger partial charge in [0, 0.05) is 32.1 Å². The topological polar surface area (TPSA) is 23.6 Å². The molecule has 1 aliphatic heterocycles. The lowest BCUT2D eigenvalue weighted by Gasteiger charge is -2.37. The Morgan fingerprint density at radius 1 is 1.27 bits per heavy atom. The average molecular weight is 370 g/mol. The summed E-state index contributed by atoms with van der Waals surface area (Å²) in [5.41, 5.74) is 0.0618. The minimum Gasteiger partial charge on any atom is -0.343 e. The number of carbonyl (C=O) groups is 1. The summed E-state index contributed by atoms with van der Waals surface area (Å²) in [5, 5.41) is 0. The van der Waals surface area contributed by atoms with Crippen LogP contribution in [-0.4, -0.2) is 41.9 Å². The molecule has 1 amide bonds. The van der Waals surface area contributed by atoms with Crippen LogP contribution >= 0.6 is 0 Å². The summed E-state index contributed by atoms with van der Waals surface area (Å²) in [6.45, 7) is 6.17. The molecule has 3 nitrogen and oxygen atoms in total. The minimum atomic E-state index is -4.31. The molecule has 0 aliphatic carbocycles. The molecule has 146 valence electrons. The lowest BCUT2D eigenvalue weighted by Crippen LogP contribution is -2.45. The van der Waals surface area contributed by atoms with E-state index in [0.717, 1.165) is 38.4 Å². The molecule has 1 aromatic carbocycles. The Morgan fingerprint density at radius 2 is 1.92 bits per heavy atom. The smallest absolute Gasteiger partial charge is 0.343 e. The third kappa shape index (κ3) is 6.01. The van der Waals surface area contributed by atoms with Crippen LogP contribution in [0.1, 0.15) is 50.7 Å². The van der Waals surface area contributed by atoms with E-state index < -0.39 is 11.7 Å². The minimum absolute atomic E-state index is 0.220. The maximum atomic E-state index is 12.8. The number of piperidine rings is 1. The third-order valence-corrected chi connectivity index (χ3v) is 5.06. The zero-order chi connectivity index (χ0) is 19.3. The Kier molecular flexibility index (Phi) is 7.09. The Labute approximate surface area is 154 Å². The first-order valence-corrected chi connectivity index (χ1v) is 9.31. The summed E-state index contributed by atoms with van der Waals surface area (Å²) in [6.07, 6.45) is -1.07. The first-order valence-electron chi connectivity index (χ1n) is 9.31. The Hall–Kier alpha value is -1.56. The molecule has 26 heavy (non-hydrogen) atoms. The number of halogens is 3. The van der Waals surface area contributed by atoms with Crippen LogP contribution in [0.15, 0.2) is 24.3 Å². The molecule has 1 aliphatic rings. The lowest BCUT2D eigenvalue weighted by molar-refractivity contribution is -0.137. The fraction of sp³-hybridized carbons (Fsp3) is 0.650. The number of alkyl halides is 3. The van der Waals surface area contributed by atoms with E-state index >= 15 is 0 Å². The quantitative estimate of drug-likeness (QED) is 0.733. The first kappa shape index (κ1) is 20.7. The van der Waals surface area contributed by atoms with Crippen molar-refractivity contribution in [1.29, 1.82) is 0 Å². The molecule has 1 saturated heterocycles. The van der Waals surface area contributed by atoms with Gasteiger partial charge in [-0.25, -0.2) is 0 Å². The second-order valence-electron chi connectivity index (χ2n) is 7.66. The molecular weight excluding hydrogens is 341 g/mol. The van der Waals surface area contributed by atoms with Crippen LogP contribution in [0.2, 0.25) is 0 Å². The van der Waals surface area contributed by atoms with Crippen molar-refractivity contribution in [1.82, 2.24) is 9.80 Å². The van der Waals surface area contributed by atoms with Gasteiger partial charge in [0.1, 0.15) is 0 Å². The van der Waals surface area contributed by atoms with Gasteiger partial charge in [0.05, 0.1) is 5.56 Å². The number of nitrogens with zero attached hydrogens (tertiary/aromatic N) is 2. The SMILES string of the molecule is CC(C)CCC(=O)N1CCC(N(C)Cc2cccc(C(F)(F)F)c2)CC1. The molecule has 0 bridgehead atoms. The molecule has 0 N–H and O–H groups in total. The van der Waals surface area contributed by atoms with E-state index in [4.69, 9.17) is 0 Å². The van der Waals surface area contributed by atoms with Gasteiger partial charge in [0.25, 0.3) is 0 Å². The van der Waals surface area contributed by atoms with E-state index in [1.165, 1.54) is 12.1 Å². The predicted octanol–water partition coefficient (Wildman–Crippen LogP) is 4.56. The number of amides is 1. The molecule has 1 fully saturated rings. The number of carbonyl (C=O) groups excluding carboxylic acids is 1. The van der Waals surface area contributed by atoms with Crippen molar-refractivity contribution in [3.63, 3.8) is 0 Å². The van der Waals surface area contributed by atoms with Crippen molar-refractivity contribution in [3.05, 3.63) is 35.4 Å². The van der Waals surface area contributed by atoms with Gasteiger partial charge in [0.15, 0.2) is 0 Å². The summed E-state index contributed by atoms with van der Waals surface area (Å²) in [5.74, 6) is 0.743. The maximum Gasteiger partial charge on any atom is 0.416 e. The van der Waals surface area contributed by atoms with E-state index in [1.807, 2.05) is 11.9 Å². The second-order valence-corrected chi connectivity index (χ2v) is 7.66. The highest BCUT2D eigenvalue weighted by atomic mass is 19.4. The van der Waals surface area contributed by atoms with Crippen LogP contribution < -0.4 is 0 Å². The molecule has 0 saturated carbocycles. The van der Waals surface area contributed by atoms with Crippen molar-refractivity contribution in [2.75, 3.05) is 20.1 Å². The molecular formula is C20H29F3N2O. The van der Waals surface area contributed by atoms with Gasteiger partial charge >= 0.3 is 6.18 Å². The van der Waals surface area contributed by atoms with Gasteiger partial charge in [-0.15, -0.1) is 0 Å². The number of likely N-dealkylation sites (tertiary alicyclic amines) is 1. The fourth-order valence-corrected chi connectivity index (χ4v) is 3.39. The molecule has 1 aromatic rings. The van der Waals surface area contributed by atoms with Crippen molar-refractivity contribution < 1.29 is 18.0 Å². The van der Waals surface area contributed by atoms with Crippen LogP contribution in [-0.2, 0) is 17.5 Å². The summed E-state index contributed by atoms with van der Waals surface area (Å²) in [7, 11) is 1.95. The normalized spacial score (nSPS) is 16.5. The molecule has 0 radical (unpaired) electrons. The highest BCUT2D eigenvalue weighted by Crippen LogP contribution is 2.30. The Balaban J connectivity index is 1.85. The van der Waals surface area contributed by atoms with Crippen LogP contribution in [0.25, 0.3) is 0 Å². The van der Waals surface area contributed by atoms with Crippen molar-refractivity contribution in [2.24, 2.45) is 5.92 Å². The monoisotopic (exact) mass is 370 g/mol. The molecule has 2 rings (SSSR count). The van der Waals surface area contributed by atoms with E-state index in [0.29, 0.717) is 30.5 Å². The highest BCUT2D eigenvalue weighted by Gasteiger charge is 2.31. The van der Waals surface area contributed by atoms with Crippen LogP contribution in [0.4, 0.5) is 13.2 Å². The zero-order valence-electron chi connectivity index (χ0n) is 15.9. The fourth-order valence-electron chi connectivity index (χ4n) is 3.39. The van der Waals surface area contributed by atoms with Gasteiger partial charge in [-0.05, 0) is 43.9 Å². The van der Waals surface area contributed by atoms with Crippen LogP contribution in [0, 0.1) is 5.92 Å². The van der Waals surface area contributed by atoms with Gasteiger partial charge < -0.3 is 4.90 Å². The van der Waals surface area contributed by atoms with Crippen molar-refractivity contribution in [2.45, 2.75) is 58.3 Å². The number of rotatable bonds is 6. The van der Waals surface area contributed by atoms with Gasteiger partial charge in [-0.3, -0.25) is 9.69 Å². The van der Waals surface area contributed by atoms with Crippen LogP contribution in [0.3, 0.4) is 0 Å². The summed E-state index contributed by atoms with van der Waals surface area (Å²) >= 11 is 0. The van der Waals surface area contributed by atoms with Gasteiger partial charge in [-0.2, -0.15) is 13.2 Å². The van der Waals surface area contributed by atoms with Crippen molar-refractivity contribution >= 4 is 5.91 Å². The van der Waals surface area contributed by atoms with E-state index in [1.54, 1.807) is 6.07 Å². The number of hydrogen-bond donors (Lipinski definition) is 0. The van der Waals surface area contributed by atoms with Gasteiger partial charge in [0.2, 0.25) is 5.91 Å². The summed E-state index contributed by atoms with van der Waals surface area (Å²) in [4.78, 5) is 16.2. The number of hydrogen-bond acceptors (Lipinski definition) is 2. The summed E-state index contributed by atoms with van der Waals surface area (Å²) in [6, 6.07) is 5.81. The van der Waals surface area contributed by atoms with Crippen molar-refractivity contribution in [3.8, 4) is 0 Å². The second kappa shape index (κ2) is 8.89. The summed E-state index contributed by atoms with van der Waals surface area (Å²) < 4.78 is 38.5.